The van der Waals surface area contributed by atoms with Gasteiger partial charge in [-0.25, -0.2) is 13.1 Å². The minimum absolute atomic E-state index is 0.115. The zero-order valence-corrected chi connectivity index (χ0v) is 11.4. The first-order chi connectivity index (χ1) is 9.40. The summed E-state index contributed by atoms with van der Waals surface area (Å²) in [4.78, 5) is -0.115. The molecular formula is C8H9BClN5O4S. The van der Waals surface area contributed by atoms with E-state index < -0.39 is 23.6 Å². The zero-order chi connectivity index (χ0) is 14.8. The molecule has 0 amide bonds. The number of benzene rings is 1. The number of sulfonamides is 1. The second kappa shape index (κ2) is 5.85. The molecule has 1 aromatic carbocycles. The number of rotatable bonds is 5. The Kier molecular flexibility index (Phi) is 4.35. The highest BCUT2D eigenvalue weighted by Gasteiger charge is 2.19. The first kappa shape index (κ1) is 14.9. The molecule has 1 aromatic heterocycles. The predicted molar refractivity (Wildman–Crippen MR) is 70.0 cm³/mol. The number of hydrogen-bond donors (Lipinski definition) is 4. The van der Waals surface area contributed by atoms with E-state index in [1.807, 2.05) is 4.72 Å². The van der Waals surface area contributed by atoms with Gasteiger partial charge in [-0.3, -0.25) is 0 Å². The van der Waals surface area contributed by atoms with Gasteiger partial charge in [-0.15, -0.1) is 10.2 Å². The fourth-order valence-corrected chi connectivity index (χ4v) is 2.77. The lowest BCUT2D eigenvalue weighted by atomic mass is 9.94. The summed E-state index contributed by atoms with van der Waals surface area (Å²) in [5.41, 5.74) is 0.418. The van der Waals surface area contributed by atoms with Gasteiger partial charge in [0.1, 0.15) is 0 Å². The van der Waals surface area contributed by atoms with E-state index in [2.05, 4.69) is 20.6 Å². The normalized spacial score (nSPS) is 11.6. The van der Waals surface area contributed by atoms with Gasteiger partial charge in [0, 0.05) is 12.0 Å². The molecule has 0 aliphatic heterocycles. The smallest absolute Gasteiger partial charge is 0.426 e. The van der Waals surface area contributed by atoms with E-state index in [1.165, 1.54) is 18.2 Å². The average Bonchev–Trinajstić information content (AvgIpc) is 2.90. The standard InChI is InChI=1S/C8H9BClN5O4S/c10-7-3-5(20(18,19)11-4-9(16)17)1-2-6(7)8-12-14-15-13-8/h1-3,11,16-17H,4H2,(H,12,13,14,15). The molecule has 0 atom stereocenters. The number of aromatic nitrogens is 4. The Balaban J connectivity index is 2.29. The molecule has 0 aliphatic rings. The quantitative estimate of drug-likeness (QED) is 0.508. The SMILES string of the molecule is O=S(=O)(NCB(O)O)c1ccc(-c2nn[nH]n2)c(Cl)c1. The van der Waals surface area contributed by atoms with Crippen LogP contribution >= 0.6 is 11.6 Å². The van der Waals surface area contributed by atoms with Crippen LogP contribution in [0.1, 0.15) is 0 Å². The van der Waals surface area contributed by atoms with Gasteiger partial charge in [0.05, 0.1) is 9.92 Å². The van der Waals surface area contributed by atoms with Crippen molar-refractivity contribution in [2.45, 2.75) is 4.90 Å². The third-order valence-corrected chi connectivity index (χ3v) is 4.03. The van der Waals surface area contributed by atoms with Crippen molar-refractivity contribution in [1.29, 1.82) is 0 Å². The van der Waals surface area contributed by atoms with Gasteiger partial charge < -0.3 is 10.0 Å². The van der Waals surface area contributed by atoms with Crippen molar-refractivity contribution in [1.82, 2.24) is 25.3 Å². The number of nitrogens with one attached hydrogen (secondary N) is 2. The van der Waals surface area contributed by atoms with E-state index in [9.17, 15) is 8.42 Å². The number of nitrogens with zero attached hydrogens (tertiary/aromatic N) is 3. The third kappa shape index (κ3) is 3.32. The summed E-state index contributed by atoms with van der Waals surface area (Å²) in [7, 11) is -5.66. The van der Waals surface area contributed by atoms with E-state index in [-0.39, 0.29) is 15.7 Å². The Morgan fingerprint density at radius 2 is 2.15 bits per heavy atom. The van der Waals surface area contributed by atoms with E-state index in [1.54, 1.807) is 0 Å². The molecule has 0 bridgehead atoms. The number of H-pyrrole nitrogens is 1. The molecule has 0 radical (unpaired) electrons. The molecule has 0 unspecified atom stereocenters. The van der Waals surface area contributed by atoms with Crippen LogP contribution in [0.3, 0.4) is 0 Å². The van der Waals surface area contributed by atoms with Crippen LogP contribution in [0.15, 0.2) is 23.1 Å². The molecule has 0 fully saturated rings. The van der Waals surface area contributed by atoms with Crippen molar-refractivity contribution >= 4 is 28.7 Å². The summed E-state index contributed by atoms with van der Waals surface area (Å²) in [6, 6.07) is 3.93. The molecule has 12 heteroatoms. The number of halogens is 1. The molecule has 20 heavy (non-hydrogen) atoms. The summed E-state index contributed by atoms with van der Waals surface area (Å²) in [6.07, 6.45) is -0.521. The molecule has 4 N–H and O–H groups in total. The Hall–Kier alpha value is -1.53. The van der Waals surface area contributed by atoms with Crippen LogP contribution in [-0.4, -0.2) is 52.7 Å². The first-order valence-electron chi connectivity index (χ1n) is 5.29. The molecule has 1 heterocycles. The summed E-state index contributed by atoms with van der Waals surface area (Å²) in [5.74, 6) is 0.234. The van der Waals surface area contributed by atoms with E-state index in [0.29, 0.717) is 5.56 Å². The summed E-state index contributed by atoms with van der Waals surface area (Å²) >= 11 is 5.98. The second-order valence-corrected chi connectivity index (χ2v) is 5.88. The van der Waals surface area contributed by atoms with Crippen LogP contribution in [0.4, 0.5) is 0 Å². The van der Waals surface area contributed by atoms with Crippen molar-refractivity contribution in [2.24, 2.45) is 0 Å². The van der Waals surface area contributed by atoms with Crippen LogP contribution in [0, 0.1) is 0 Å². The highest BCUT2D eigenvalue weighted by atomic mass is 35.5. The molecular weight excluding hydrogens is 308 g/mol. The number of hydrogen-bond acceptors (Lipinski definition) is 7. The largest absolute Gasteiger partial charge is 0.467 e. The highest BCUT2D eigenvalue weighted by molar-refractivity contribution is 7.89. The Morgan fingerprint density at radius 3 is 2.70 bits per heavy atom. The lowest BCUT2D eigenvalue weighted by Gasteiger charge is -2.07. The van der Waals surface area contributed by atoms with Crippen LogP contribution in [0.5, 0.6) is 0 Å². The molecule has 0 spiro atoms. The zero-order valence-electron chi connectivity index (χ0n) is 9.86. The third-order valence-electron chi connectivity index (χ3n) is 2.29. The average molecular weight is 318 g/mol. The molecule has 2 aromatic rings. The predicted octanol–water partition coefficient (Wildman–Crippen LogP) is -1.19. The van der Waals surface area contributed by atoms with Gasteiger partial charge in [0.2, 0.25) is 15.8 Å². The molecule has 2 rings (SSSR count). The number of tetrazole rings is 1. The minimum Gasteiger partial charge on any atom is -0.426 e. The second-order valence-electron chi connectivity index (χ2n) is 3.71. The van der Waals surface area contributed by atoms with Gasteiger partial charge in [-0.1, -0.05) is 11.6 Å². The van der Waals surface area contributed by atoms with Crippen LogP contribution in [0.25, 0.3) is 11.4 Å². The fourth-order valence-electron chi connectivity index (χ4n) is 1.39. The van der Waals surface area contributed by atoms with Crippen molar-refractivity contribution in [2.75, 3.05) is 6.44 Å². The topological polar surface area (TPSA) is 141 Å². The summed E-state index contributed by atoms with van der Waals surface area (Å²) < 4.78 is 25.7. The van der Waals surface area contributed by atoms with Crippen LogP contribution in [0.2, 0.25) is 5.02 Å². The minimum atomic E-state index is -3.88. The maximum Gasteiger partial charge on any atom is 0.467 e. The van der Waals surface area contributed by atoms with Gasteiger partial charge >= 0.3 is 7.12 Å². The molecule has 0 aliphatic carbocycles. The Labute approximate surface area is 119 Å². The maximum atomic E-state index is 11.8. The first-order valence-corrected chi connectivity index (χ1v) is 7.15. The van der Waals surface area contributed by atoms with E-state index in [0.717, 1.165) is 0 Å². The van der Waals surface area contributed by atoms with Crippen molar-refractivity contribution in [3.8, 4) is 11.4 Å². The van der Waals surface area contributed by atoms with E-state index >= 15 is 0 Å². The molecule has 0 saturated heterocycles. The van der Waals surface area contributed by atoms with Crippen molar-refractivity contribution < 1.29 is 18.5 Å². The van der Waals surface area contributed by atoms with Crippen LogP contribution < -0.4 is 4.72 Å². The highest BCUT2D eigenvalue weighted by Crippen LogP contribution is 2.27. The lowest BCUT2D eigenvalue weighted by Crippen LogP contribution is -2.35. The monoisotopic (exact) mass is 317 g/mol. The molecule has 9 nitrogen and oxygen atoms in total. The van der Waals surface area contributed by atoms with Gasteiger partial charge in [0.15, 0.2) is 0 Å². The fraction of sp³-hybridized carbons (Fsp3) is 0.125. The maximum absolute atomic E-state index is 11.8. The van der Waals surface area contributed by atoms with Crippen molar-refractivity contribution in [3.63, 3.8) is 0 Å². The molecule has 0 saturated carbocycles. The Morgan fingerprint density at radius 1 is 1.40 bits per heavy atom. The van der Waals surface area contributed by atoms with E-state index in [4.69, 9.17) is 21.6 Å². The van der Waals surface area contributed by atoms with Gasteiger partial charge in [-0.05, 0) is 23.4 Å². The van der Waals surface area contributed by atoms with Crippen LogP contribution in [-0.2, 0) is 10.0 Å². The van der Waals surface area contributed by atoms with Crippen molar-refractivity contribution in [3.05, 3.63) is 23.2 Å². The number of aromatic amines is 1. The Bertz CT molecular complexity index is 693. The van der Waals surface area contributed by atoms with Gasteiger partial charge in [-0.2, -0.15) is 5.21 Å². The lowest BCUT2D eigenvalue weighted by molar-refractivity contribution is 0.404. The summed E-state index contributed by atoms with van der Waals surface area (Å²) in [5, 5.41) is 30.6. The van der Waals surface area contributed by atoms with Gasteiger partial charge in [0.25, 0.3) is 0 Å². The summed E-state index contributed by atoms with van der Waals surface area (Å²) in [6.45, 7) is 0. The molecule has 106 valence electrons.